The zero-order valence-electron chi connectivity index (χ0n) is 12.6. The Morgan fingerprint density at radius 1 is 1.26 bits per heavy atom. The molecule has 1 aromatic carbocycles. The lowest BCUT2D eigenvalue weighted by atomic mass is 10.00. The molecule has 1 N–H and O–H groups in total. The van der Waals surface area contributed by atoms with E-state index < -0.39 is 11.6 Å². The summed E-state index contributed by atoms with van der Waals surface area (Å²) >= 11 is 0. The first-order valence-electron chi connectivity index (χ1n) is 7.36. The van der Waals surface area contributed by atoms with E-state index in [4.69, 9.17) is 5.26 Å². The van der Waals surface area contributed by atoms with E-state index in [0.717, 1.165) is 24.6 Å². The molecule has 1 saturated heterocycles. The third-order valence-electron chi connectivity index (χ3n) is 4.16. The van der Waals surface area contributed by atoms with Crippen molar-refractivity contribution in [3.05, 3.63) is 59.3 Å². The molecule has 4 nitrogen and oxygen atoms in total. The van der Waals surface area contributed by atoms with Gasteiger partial charge in [0.2, 0.25) is 0 Å². The van der Waals surface area contributed by atoms with Crippen molar-refractivity contribution in [1.29, 1.82) is 5.26 Å². The van der Waals surface area contributed by atoms with Gasteiger partial charge in [-0.1, -0.05) is 6.07 Å². The number of pyridine rings is 1. The van der Waals surface area contributed by atoms with Crippen LogP contribution in [0.2, 0.25) is 0 Å². The molecule has 0 bridgehead atoms. The van der Waals surface area contributed by atoms with Gasteiger partial charge < -0.3 is 5.32 Å². The number of aromatic nitrogens is 1. The Bertz CT molecular complexity index is 739. The van der Waals surface area contributed by atoms with Gasteiger partial charge in [-0.2, -0.15) is 5.26 Å². The van der Waals surface area contributed by atoms with Gasteiger partial charge in [-0.15, -0.1) is 0 Å². The maximum absolute atomic E-state index is 13.5. The van der Waals surface area contributed by atoms with E-state index >= 15 is 0 Å². The van der Waals surface area contributed by atoms with E-state index in [1.54, 1.807) is 18.2 Å². The molecule has 118 valence electrons. The van der Waals surface area contributed by atoms with Crippen molar-refractivity contribution in [3.8, 4) is 6.07 Å². The highest BCUT2D eigenvalue weighted by molar-refractivity contribution is 5.41. The van der Waals surface area contributed by atoms with Crippen molar-refractivity contribution >= 4 is 5.82 Å². The van der Waals surface area contributed by atoms with Gasteiger partial charge >= 0.3 is 0 Å². The number of benzene rings is 1. The van der Waals surface area contributed by atoms with Gasteiger partial charge in [-0.3, -0.25) is 4.90 Å². The first-order chi connectivity index (χ1) is 11.1. The molecule has 1 aliphatic heterocycles. The van der Waals surface area contributed by atoms with Gasteiger partial charge in [0.05, 0.1) is 11.6 Å². The van der Waals surface area contributed by atoms with Crippen molar-refractivity contribution in [1.82, 2.24) is 9.88 Å². The van der Waals surface area contributed by atoms with E-state index in [1.165, 1.54) is 12.3 Å². The van der Waals surface area contributed by atoms with Crippen LogP contribution in [0.5, 0.6) is 0 Å². The van der Waals surface area contributed by atoms with Gasteiger partial charge in [0, 0.05) is 18.8 Å². The summed E-state index contributed by atoms with van der Waals surface area (Å²) in [4.78, 5) is 6.32. The predicted octanol–water partition coefficient (Wildman–Crippen LogP) is 3.09. The van der Waals surface area contributed by atoms with Crippen LogP contribution >= 0.6 is 0 Å². The third-order valence-corrected chi connectivity index (χ3v) is 4.16. The van der Waals surface area contributed by atoms with E-state index in [-0.39, 0.29) is 12.1 Å². The lowest BCUT2D eigenvalue weighted by Crippen LogP contribution is -2.29. The van der Waals surface area contributed by atoms with E-state index in [2.05, 4.69) is 15.2 Å². The van der Waals surface area contributed by atoms with Crippen LogP contribution in [0.25, 0.3) is 0 Å². The Morgan fingerprint density at radius 3 is 2.74 bits per heavy atom. The van der Waals surface area contributed by atoms with Crippen molar-refractivity contribution in [3.63, 3.8) is 0 Å². The van der Waals surface area contributed by atoms with Crippen LogP contribution < -0.4 is 5.32 Å². The number of nitriles is 1. The molecule has 6 heteroatoms. The van der Waals surface area contributed by atoms with Crippen molar-refractivity contribution in [2.75, 3.05) is 18.9 Å². The van der Waals surface area contributed by atoms with Crippen LogP contribution in [-0.2, 0) is 0 Å². The second-order valence-electron chi connectivity index (χ2n) is 5.68. The van der Waals surface area contributed by atoms with Gasteiger partial charge in [-0.05, 0) is 43.3 Å². The topological polar surface area (TPSA) is 52.0 Å². The number of nitrogens with zero attached hydrogens (tertiary/aromatic N) is 3. The first-order valence-corrected chi connectivity index (χ1v) is 7.36. The normalized spacial score (nSPS) is 21.1. The average molecular weight is 314 g/mol. The maximum Gasteiger partial charge on any atom is 0.159 e. The summed E-state index contributed by atoms with van der Waals surface area (Å²) < 4.78 is 26.7. The number of nitrogens with one attached hydrogen (secondary N) is 1. The molecule has 2 aromatic rings. The standard InChI is InChI=1S/C17H16F2N4/c1-23-7-6-15(22-16-5-2-11(9-20)10-21-16)17(23)12-3-4-13(18)14(19)8-12/h2-5,8,10,15,17H,6-7H2,1H3,(H,21,22)/t15-,17+/m1/s1. The zero-order valence-corrected chi connectivity index (χ0v) is 12.6. The Morgan fingerprint density at radius 2 is 2.09 bits per heavy atom. The second-order valence-corrected chi connectivity index (χ2v) is 5.68. The third kappa shape index (κ3) is 3.15. The SMILES string of the molecule is CN1CC[C@@H](Nc2ccc(C#N)cn2)[C@@H]1c1ccc(F)c(F)c1. The molecule has 23 heavy (non-hydrogen) atoms. The van der Waals surface area contributed by atoms with Crippen LogP contribution in [0.4, 0.5) is 14.6 Å². The summed E-state index contributed by atoms with van der Waals surface area (Å²) in [6, 6.07) is 9.47. The highest BCUT2D eigenvalue weighted by atomic mass is 19.2. The molecule has 1 aromatic heterocycles. The predicted molar refractivity (Wildman–Crippen MR) is 82.7 cm³/mol. The summed E-state index contributed by atoms with van der Waals surface area (Å²) in [7, 11) is 1.96. The van der Waals surface area contributed by atoms with Gasteiger partial charge in [0.15, 0.2) is 11.6 Å². The summed E-state index contributed by atoms with van der Waals surface area (Å²) in [6.45, 7) is 0.845. The smallest absolute Gasteiger partial charge is 0.159 e. The Balaban J connectivity index is 1.82. The Labute approximate surface area is 133 Å². The van der Waals surface area contributed by atoms with Crippen LogP contribution in [0, 0.1) is 23.0 Å². The summed E-state index contributed by atoms with van der Waals surface area (Å²) in [5.41, 5.74) is 1.23. The fourth-order valence-corrected chi connectivity index (χ4v) is 3.02. The number of likely N-dealkylation sites (tertiary alicyclic amines) is 1. The highest BCUT2D eigenvalue weighted by Gasteiger charge is 2.33. The number of likely N-dealkylation sites (N-methyl/N-ethyl adjacent to an activating group) is 1. The summed E-state index contributed by atoms with van der Waals surface area (Å²) in [5, 5.41) is 12.1. The summed E-state index contributed by atoms with van der Waals surface area (Å²) in [5.74, 6) is -1.01. The molecular weight excluding hydrogens is 298 g/mol. The molecule has 0 amide bonds. The molecule has 3 rings (SSSR count). The maximum atomic E-state index is 13.5. The summed E-state index contributed by atoms with van der Waals surface area (Å²) in [6.07, 6.45) is 2.37. The van der Waals surface area contributed by atoms with Crippen LogP contribution in [-0.4, -0.2) is 29.5 Å². The first kappa shape index (κ1) is 15.4. The van der Waals surface area contributed by atoms with Crippen LogP contribution in [0.15, 0.2) is 36.5 Å². The molecule has 0 spiro atoms. The van der Waals surface area contributed by atoms with Gasteiger partial charge in [-0.25, -0.2) is 13.8 Å². The minimum Gasteiger partial charge on any atom is -0.365 e. The van der Waals surface area contributed by atoms with E-state index in [0.29, 0.717) is 11.4 Å². The van der Waals surface area contributed by atoms with Gasteiger partial charge in [0.25, 0.3) is 0 Å². The van der Waals surface area contributed by atoms with Crippen molar-refractivity contribution < 1.29 is 8.78 Å². The lowest BCUT2D eigenvalue weighted by molar-refractivity contribution is 0.307. The Hall–Kier alpha value is -2.52. The minimum absolute atomic E-state index is 0.0327. The zero-order chi connectivity index (χ0) is 16.4. The quantitative estimate of drug-likeness (QED) is 0.946. The molecule has 0 saturated carbocycles. The minimum atomic E-state index is -0.840. The number of anilines is 1. The van der Waals surface area contributed by atoms with Gasteiger partial charge in [0.1, 0.15) is 11.9 Å². The molecule has 2 heterocycles. The molecule has 1 aliphatic rings. The highest BCUT2D eigenvalue weighted by Crippen LogP contribution is 2.33. The van der Waals surface area contributed by atoms with Crippen LogP contribution in [0.3, 0.4) is 0 Å². The van der Waals surface area contributed by atoms with E-state index in [1.807, 2.05) is 13.1 Å². The molecule has 0 unspecified atom stereocenters. The lowest BCUT2D eigenvalue weighted by Gasteiger charge is -2.26. The number of rotatable bonds is 3. The van der Waals surface area contributed by atoms with Crippen LogP contribution in [0.1, 0.15) is 23.6 Å². The number of halogens is 2. The average Bonchev–Trinajstić information content (AvgIpc) is 2.91. The number of hydrogen-bond donors (Lipinski definition) is 1. The van der Waals surface area contributed by atoms with Crippen molar-refractivity contribution in [2.24, 2.45) is 0 Å². The van der Waals surface area contributed by atoms with E-state index in [9.17, 15) is 8.78 Å². The molecule has 0 aliphatic carbocycles. The molecule has 2 atom stereocenters. The molecule has 0 radical (unpaired) electrons. The fourth-order valence-electron chi connectivity index (χ4n) is 3.02. The fraction of sp³-hybridized carbons (Fsp3) is 0.294. The number of hydrogen-bond acceptors (Lipinski definition) is 4. The monoisotopic (exact) mass is 314 g/mol. The van der Waals surface area contributed by atoms with Crippen molar-refractivity contribution in [2.45, 2.75) is 18.5 Å². The second kappa shape index (κ2) is 6.31. The Kier molecular flexibility index (Phi) is 4.22. The largest absolute Gasteiger partial charge is 0.365 e. The molecule has 1 fully saturated rings. The molecular formula is C17H16F2N4.